The lowest BCUT2D eigenvalue weighted by Gasteiger charge is -2.26. The van der Waals surface area contributed by atoms with Gasteiger partial charge in [-0.3, -0.25) is 0 Å². The third kappa shape index (κ3) is 4.78. The van der Waals surface area contributed by atoms with Crippen LogP contribution in [0.3, 0.4) is 0 Å². The van der Waals surface area contributed by atoms with Crippen LogP contribution >= 0.6 is 7.92 Å². The number of aliphatic carboxylic acids is 1. The lowest BCUT2D eigenvalue weighted by Crippen LogP contribution is -2.24. The van der Waals surface area contributed by atoms with Gasteiger partial charge >= 0.3 is 5.97 Å². The van der Waals surface area contributed by atoms with Gasteiger partial charge in [-0.25, -0.2) is 4.79 Å². The summed E-state index contributed by atoms with van der Waals surface area (Å²) in [5, 5.41) is 17.7. The van der Waals surface area contributed by atoms with Gasteiger partial charge in [0.25, 0.3) is 0 Å². The Labute approximate surface area is 229 Å². The quantitative estimate of drug-likeness (QED) is 0.223. The molecule has 0 aliphatic heterocycles. The first-order chi connectivity index (χ1) is 19.1. The van der Waals surface area contributed by atoms with Gasteiger partial charge in [0.2, 0.25) is 0 Å². The zero-order chi connectivity index (χ0) is 26.8. The van der Waals surface area contributed by atoms with E-state index in [-0.39, 0.29) is 0 Å². The van der Waals surface area contributed by atoms with Crippen LogP contribution in [0.4, 0.5) is 0 Å². The molecule has 0 fully saturated rings. The van der Waals surface area contributed by atoms with Gasteiger partial charge in [0, 0.05) is 11.1 Å². The van der Waals surface area contributed by atoms with Crippen molar-refractivity contribution in [2.45, 2.75) is 13.0 Å². The third-order valence-electron chi connectivity index (χ3n) is 6.97. The Kier molecular flexibility index (Phi) is 6.84. The van der Waals surface area contributed by atoms with E-state index >= 15 is 0 Å². The Morgan fingerprint density at radius 3 is 1.67 bits per heavy atom. The van der Waals surface area contributed by atoms with Crippen molar-refractivity contribution in [2.24, 2.45) is 0 Å². The largest absolute Gasteiger partial charge is 0.479 e. The summed E-state index contributed by atoms with van der Waals surface area (Å²) in [4.78, 5) is 11.9. The van der Waals surface area contributed by atoms with Crippen LogP contribution in [0, 0.1) is 0 Å². The molecule has 0 aliphatic rings. The first-order valence-corrected chi connectivity index (χ1v) is 14.3. The minimum atomic E-state index is -0.997. The fourth-order valence-corrected chi connectivity index (χ4v) is 7.61. The SMILES string of the molecule is C[C@@H](Oc1ccc2ccccc2c1-c1c(P(c2ccccc2)c2ccccc2)ccc2ccccc12)C(=O)O. The van der Waals surface area contributed by atoms with E-state index < -0.39 is 20.0 Å². The zero-order valence-corrected chi connectivity index (χ0v) is 22.4. The van der Waals surface area contributed by atoms with Crippen LogP contribution in [0.1, 0.15) is 6.92 Å². The van der Waals surface area contributed by atoms with Crippen molar-refractivity contribution in [3.05, 3.63) is 133 Å². The molecule has 6 aromatic carbocycles. The van der Waals surface area contributed by atoms with Gasteiger partial charge in [-0.05, 0) is 58.4 Å². The molecular formula is C35H27O3P. The topological polar surface area (TPSA) is 46.5 Å². The molecular weight excluding hydrogens is 499 g/mol. The van der Waals surface area contributed by atoms with Gasteiger partial charge in [0.1, 0.15) is 5.75 Å². The molecule has 0 spiro atoms. The number of carbonyl (C=O) groups is 1. The van der Waals surface area contributed by atoms with E-state index in [1.54, 1.807) is 6.92 Å². The highest BCUT2D eigenvalue weighted by Crippen LogP contribution is 2.45. The van der Waals surface area contributed by atoms with Crippen molar-refractivity contribution in [1.82, 2.24) is 0 Å². The Morgan fingerprint density at radius 2 is 1.10 bits per heavy atom. The van der Waals surface area contributed by atoms with Crippen molar-refractivity contribution >= 4 is 51.3 Å². The maximum Gasteiger partial charge on any atom is 0.344 e. The Bertz CT molecular complexity index is 1740. The molecule has 39 heavy (non-hydrogen) atoms. The van der Waals surface area contributed by atoms with Gasteiger partial charge in [0.15, 0.2) is 6.10 Å². The van der Waals surface area contributed by atoms with Crippen LogP contribution in [-0.4, -0.2) is 17.2 Å². The first-order valence-electron chi connectivity index (χ1n) is 13.0. The molecule has 0 aromatic heterocycles. The van der Waals surface area contributed by atoms with Crippen LogP contribution in [0.25, 0.3) is 32.7 Å². The smallest absolute Gasteiger partial charge is 0.344 e. The summed E-state index contributed by atoms with van der Waals surface area (Å²) in [6.07, 6.45) is -0.993. The molecule has 6 rings (SSSR count). The number of ether oxygens (including phenoxy) is 1. The second-order valence-electron chi connectivity index (χ2n) is 9.45. The molecule has 0 heterocycles. The van der Waals surface area contributed by atoms with Gasteiger partial charge in [-0.1, -0.05) is 127 Å². The maximum absolute atomic E-state index is 11.9. The molecule has 3 nitrogen and oxygen atoms in total. The summed E-state index contributed by atoms with van der Waals surface area (Å²) in [6, 6.07) is 46.3. The predicted molar refractivity (Wildman–Crippen MR) is 163 cm³/mol. The van der Waals surface area contributed by atoms with Crippen molar-refractivity contribution in [1.29, 1.82) is 0 Å². The predicted octanol–water partition coefficient (Wildman–Crippen LogP) is 7.27. The number of hydrogen-bond donors (Lipinski definition) is 1. The van der Waals surface area contributed by atoms with Crippen LogP contribution < -0.4 is 20.7 Å². The van der Waals surface area contributed by atoms with Gasteiger partial charge in [-0.2, -0.15) is 0 Å². The normalized spacial score (nSPS) is 12.1. The lowest BCUT2D eigenvalue weighted by atomic mass is 9.93. The summed E-state index contributed by atoms with van der Waals surface area (Å²) < 4.78 is 6.17. The third-order valence-corrected chi connectivity index (χ3v) is 9.45. The molecule has 1 atom stereocenters. The second-order valence-corrected chi connectivity index (χ2v) is 11.6. The van der Waals surface area contributed by atoms with Crippen LogP contribution in [-0.2, 0) is 4.79 Å². The summed E-state index contributed by atoms with van der Waals surface area (Å²) in [5.41, 5.74) is 2.00. The molecule has 0 saturated heterocycles. The molecule has 190 valence electrons. The number of hydrogen-bond acceptors (Lipinski definition) is 2. The first kappa shape index (κ1) is 24.9. The van der Waals surface area contributed by atoms with E-state index in [9.17, 15) is 9.90 Å². The van der Waals surface area contributed by atoms with E-state index in [0.717, 1.165) is 32.7 Å². The average Bonchev–Trinajstić information content (AvgIpc) is 2.98. The monoisotopic (exact) mass is 526 g/mol. The number of fused-ring (bicyclic) bond motifs is 2. The van der Waals surface area contributed by atoms with E-state index in [0.29, 0.717) is 5.75 Å². The molecule has 0 saturated carbocycles. The van der Waals surface area contributed by atoms with Gasteiger partial charge in [0.05, 0.1) is 0 Å². The van der Waals surface area contributed by atoms with Crippen molar-refractivity contribution in [3.8, 4) is 16.9 Å². The van der Waals surface area contributed by atoms with Crippen molar-refractivity contribution in [2.75, 3.05) is 0 Å². The van der Waals surface area contributed by atoms with Gasteiger partial charge in [-0.15, -0.1) is 0 Å². The number of carboxylic acid groups (broad SMARTS) is 1. The second kappa shape index (κ2) is 10.7. The number of rotatable bonds is 7. The molecule has 0 amide bonds. The number of benzene rings is 6. The van der Waals surface area contributed by atoms with Crippen LogP contribution in [0.5, 0.6) is 5.75 Å². The Hall–Kier alpha value is -4.46. The maximum atomic E-state index is 11.9. The zero-order valence-electron chi connectivity index (χ0n) is 21.5. The van der Waals surface area contributed by atoms with Crippen LogP contribution in [0.2, 0.25) is 0 Å². The molecule has 0 unspecified atom stereocenters. The summed E-state index contributed by atoms with van der Waals surface area (Å²) >= 11 is 0. The van der Waals surface area contributed by atoms with Crippen LogP contribution in [0.15, 0.2) is 133 Å². The van der Waals surface area contributed by atoms with Crippen molar-refractivity contribution in [3.63, 3.8) is 0 Å². The summed E-state index contributed by atoms with van der Waals surface area (Å²) in [7, 11) is -0.936. The molecule has 0 aliphatic carbocycles. The Balaban J connectivity index is 1.74. The highest BCUT2D eigenvalue weighted by Gasteiger charge is 2.26. The summed E-state index contributed by atoms with van der Waals surface area (Å²) in [6.45, 7) is 1.58. The highest BCUT2D eigenvalue weighted by atomic mass is 31.1. The Morgan fingerprint density at radius 1 is 0.615 bits per heavy atom. The molecule has 4 heteroatoms. The average molecular weight is 527 g/mol. The van der Waals surface area contributed by atoms with Gasteiger partial charge < -0.3 is 9.84 Å². The van der Waals surface area contributed by atoms with E-state index in [1.165, 1.54) is 15.9 Å². The fraction of sp³-hybridized carbons (Fsp3) is 0.0571. The molecule has 0 bridgehead atoms. The molecule has 1 N–H and O–H groups in total. The summed E-state index contributed by atoms with van der Waals surface area (Å²) in [5.74, 6) is -0.430. The minimum Gasteiger partial charge on any atom is -0.479 e. The molecule has 0 radical (unpaired) electrons. The van der Waals surface area contributed by atoms with Crippen molar-refractivity contribution < 1.29 is 14.6 Å². The fourth-order valence-electron chi connectivity index (χ4n) is 5.14. The minimum absolute atomic E-state index is 0.567. The van der Waals surface area contributed by atoms with E-state index in [1.807, 2.05) is 36.4 Å². The lowest BCUT2D eigenvalue weighted by molar-refractivity contribution is -0.144. The standard InChI is InChI=1S/C35H27O3P/c1-24(35(36)37)38-31-22-20-25-12-8-10-18-29(25)33(31)34-30-19-11-9-13-26(30)21-23-32(34)39(27-14-4-2-5-15-27)28-16-6-3-7-17-28/h2-24H,1H3,(H,36,37)/t24-/m1/s1. The van der Waals surface area contributed by atoms with E-state index in [2.05, 4.69) is 97.1 Å². The van der Waals surface area contributed by atoms with E-state index in [4.69, 9.17) is 4.74 Å². The molecule has 6 aromatic rings. The highest BCUT2D eigenvalue weighted by molar-refractivity contribution is 7.80. The number of carboxylic acids is 1.